The number of carbonyl (C=O) groups is 1. The Morgan fingerprint density at radius 2 is 1.88 bits per heavy atom. The van der Waals surface area contributed by atoms with Crippen molar-refractivity contribution in [1.82, 2.24) is 0 Å². The number of ketones is 1. The Balaban J connectivity index is 1.61. The van der Waals surface area contributed by atoms with Gasteiger partial charge in [-0.25, -0.2) is 9.18 Å². The molecule has 0 amide bonds. The van der Waals surface area contributed by atoms with Crippen LogP contribution in [0.15, 0.2) is 39.5 Å². The smallest absolute Gasteiger partial charge is 0.339 e. The number of hydrogen-bond acceptors (Lipinski definition) is 5. The van der Waals surface area contributed by atoms with Gasteiger partial charge in [-0.15, -0.1) is 0 Å². The molecule has 0 saturated carbocycles. The van der Waals surface area contributed by atoms with Gasteiger partial charge < -0.3 is 13.9 Å². The van der Waals surface area contributed by atoms with Crippen LogP contribution in [0.2, 0.25) is 0 Å². The minimum absolute atomic E-state index is 0.0823. The minimum Gasteiger partial charge on any atom is -0.494 e. The molecule has 1 heterocycles. The monoisotopic (exact) mass is 452 g/mol. The van der Waals surface area contributed by atoms with E-state index in [2.05, 4.69) is 13.0 Å². The second-order valence-electron chi connectivity index (χ2n) is 8.53. The fourth-order valence-corrected chi connectivity index (χ4v) is 4.49. The lowest BCUT2D eigenvalue weighted by Crippen LogP contribution is -2.13. The summed E-state index contributed by atoms with van der Waals surface area (Å²) in [5.74, 6) is -0.327. The van der Waals surface area contributed by atoms with Crippen LogP contribution in [0.5, 0.6) is 11.5 Å². The maximum Gasteiger partial charge on any atom is 0.339 e. The molecule has 0 atom stereocenters. The van der Waals surface area contributed by atoms with Crippen molar-refractivity contribution in [2.45, 2.75) is 58.3 Å². The first-order valence-corrected chi connectivity index (χ1v) is 11.6. The summed E-state index contributed by atoms with van der Waals surface area (Å²) in [6, 6.07) is 7.88. The molecule has 1 aliphatic carbocycles. The van der Waals surface area contributed by atoms with Crippen LogP contribution in [0.25, 0.3) is 11.0 Å². The van der Waals surface area contributed by atoms with Gasteiger partial charge in [0.25, 0.3) is 0 Å². The number of Topliss-reactive ketones (excluding diaryl/α,β-unsaturated/α-hetero) is 1. The van der Waals surface area contributed by atoms with Crippen LogP contribution in [0.3, 0.4) is 0 Å². The third-order valence-electron chi connectivity index (χ3n) is 6.29. The van der Waals surface area contributed by atoms with Gasteiger partial charge in [-0.05, 0) is 67.5 Å². The van der Waals surface area contributed by atoms with Gasteiger partial charge in [0.1, 0.15) is 11.3 Å². The Bertz CT molecular complexity index is 1230. The second-order valence-corrected chi connectivity index (χ2v) is 8.53. The molecule has 2 aromatic carbocycles. The van der Waals surface area contributed by atoms with E-state index in [0.717, 1.165) is 79.5 Å². The van der Waals surface area contributed by atoms with Crippen molar-refractivity contribution in [2.24, 2.45) is 0 Å². The molecule has 0 bridgehead atoms. The average Bonchev–Trinajstić information content (AvgIpc) is 3.31. The van der Waals surface area contributed by atoms with Crippen LogP contribution in [0, 0.1) is 5.82 Å². The molecule has 174 valence electrons. The van der Waals surface area contributed by atoms with Gasteiger partial charge in [0.15, 0.2) is 24.0 Å². The maximum atomic E-state index is 14.0. The number of ether oxygens (including phenoxy) is 2. The van der Waals surface area contributed by atoms with Crippen LogP contribution in [-0.4, -0.2) is 19.5 Å². The Labute approximate surface area is 192 Å². The molecule has 0 unspecified atom stereocenters. The lowest BCUT2D eigenvalue weighted by Gasteiger charge is -2.14. The van der Waals surface area contributed by atoms with E-state index in [0.29, 0.717) is 11.3 Å². The van der Waals surface area contributed by atoms with Gasteiger partial charge in [0.05, 0.1) is 7.11 Å². The molecule has 0 fully saturated rings. The zero-order chi connectivity index (χ0) is 23.4. The van der Waals surface area contributed by atoms with Crippen LogP contribution >= 0.6 is 0 Å². The number of unbranched alkanes of at least 4 members (excludes halogenated alkanes) is 3. The Morgan fingerprint density at radius 1 is 1.06 bits per heavy atom. The molecular weight excluding hydrogens is 423 g/mol. The van der Waals surface area contributed by atoms with Crippen LogP contribution in [0.1, 0.15) is 66.1 Å². The van der Waals surface area contributed by atoms with E-state index in [1.807, 2.05) is 0 Å². The number of hydrogen-bond donors (Lipinski definition) is 0. The van der Waals surface area contributed by atoms with Crippen molar-refractivity contribution >= 4 is 16.8 Å². The summed E-state index contributed by atoms with van der Waals surface area (Å²) >= 11 is 0. The number of rotatable bonds is 10. The summed E-state index contributed by atoms with van der Waals surface area (Å²) in [6.45, 7) is 1.93. The fraction of sp³-hybridized carbons (Fsp3) is 0.407. The normalized spacial score (nSPS) is 12.7. The predicted molar refractivity (Wildman–Crippen MR) is 125 cm³/mol. The van der Waals surface area contributed by atoms with E-state index >= 15 is 0 Å². The molecule has 3 aromatic rings. The second kappa shape index (κ2) is 10.2. The number of benzene rings is 2. The van der Waals surface area contributed by atoms with Crippen molar-refractivity contribution in [1.29, 1.82) is 0 Å². The van der Waals surface area contributed by atoms with Gasteiger partial charge in [-0.3, -0.25) is 4.79 Å². The molecule has 6 heteroatoms. The van der Waals surface area contributed by atoms with Crippen LogP contribution < -0.4 is 15.1 Å². The summed E-state index contributed by atoms with van der Waals surface area (Å²) in [5.41, 5.74) is 3.26. The first-order valence-electron chi connectivity index (χ1n) is 11.6. The van der Waals surface area contributed by atoms with E-state index < -0.39 is 5.82 Å². The molecule has 1 aromatic heterocycles. The summed E-state index contributed by atoms with van der Waals surface area (Å²) in [4.78, 5) is 25.0. The van der Waals surface area contributed by atoms with Gasteiger partial charge in [0.2, 0.25) is 0 Å². The summed E-state index contributed by atoms with van der Waals surface area (Å²) in [7, 11) is 1.37. The number of halogens is 1. The lowest BCUT2D eigenvalue weighted by molar-refractivity contribution is 0.0920. The Hall–Kier alpha value is -3.15. The van der Waals surface area contributed by atoms with Gasteiger partial charge >= 0.3 is 5.63 Å². The standard InChI is InChI=1S/C27H29FO5/c1-3-4-5-6-8-18-13-21-19-9-7-10-20(19)27(30)33-26(21)15-25(18)32-16-23(29)17-11-12-24(31-2)22(28)14-17/h11-15H,3-10,16H2,1-2H3. The van der Waals surface area contributed by atoms with Gasteiger partial charge in [-0.2, -0.15) is 0 Å². The van der Waals surface area contributed by atoms with Crippen molar-refractivity contribution in [2.75, 3.05) is 13.7 Å². The van der Waals surface area contributed by atoms with Crippen molar-refractivity contribution in [3.05, 3.63) is 68.8 Å². The highest BCUT2D eigenvalue weighted by atomic mass is 19.1. The molecule has 0 N–H and O–H groups in total. The molecule has 0 spiro atoms. The summed E-state index contributed by atoms with van der Waals surface area (Å²) in [6.07, 6.45) is 7.81. The van der Waals surface area contributed by atoms with Crippen LogP contribution in [0.4, 0.5) is 4.39 Å². The third-order valence-corrected chi connectivity index (χ3v) is 6.29. The topological polar surface area (TPSA) is 65.7 Å². The SMILES string of the molecule is CCCCCCc1cc2c3c(c(=O)oc2cc1OCC(=O)c1ccc(OC)c(F)c1)CCC3. The number of fused-ring (bicyclic) bond motifs is 3. The zero-order valence-corrected chi connectivity index (χ0v) is 19.2. The van der Waals surface area contributed by atoms with E-state index in [1.54, 1.807) is 6.07 Å². The quantitative estimate of drug-likeness (QED) is 0.220. The highest BCUT2D eigenvalue weighted by Gasteiger charge is 2.21. The summed E-state index contributed by atoms with van der Waals surface area (Å²) in [5, 5.41) is 0.962. The number of methoxy groups -OCH3 is 1. The summed E-state index contributed by atoms with van der Waals surface area (Å²) < 4.78 is 30.4. The predicted octanol–water partition coefficient (Wildman–Crippen LogP) is 5.81. The van der Waals surface area contributed by atoms with E-state index in [1.165, 1.54) is 19.2 Å². The van der Waals surface area contributed by atoms with E-state index in [9.17, 15) is 14.0 Å². The molecule has 5 nitrogen and oxygen atoms in total. The van der Waals surface area contributed by atoms with E-state index in [4.69, 9.17) is 13.9 Å². The average molecular weight is 453 g/mol. The molecule has 0 radical (unpaired) electrons. The highest BCUT2D eigenvalue weighted by molar-refractivity contribution is 5.97. The maximum absolute atomic E-state index is 14.0. The third kappa shape index (κ3) is 4.95. The Morgan fingerprint density at radius 3 is 2.64 bits per heavy atom. The van der Waals surface area contributed by atoms with Crippen molar-refractivity contribution < 1.29 is 23.1 Å². The minimum atomic E-state index is -0.596. The van der Waals surface area contributed by atoms with Gasteiger partial charge in [-0.1, -0.05) is 26.2 Å². The number of aryl methyl sites for hydroxylation is 2. The first kappa shape index (κ1) is 23.0. The molecule has 33 heavy (non-hydrogen) atoms. The lowest BCUT2D eigenvalue weighted by atomic mass is 10.00. The number of carbonyl (C=O) groups excluding carboxylic acids is 1. The van der Waals surface area contributed by atoms with Crippen LogP contribution in [-0.2, 0) is 19.3 Å². The van der Waals surface area contributed by atoms with Crippen molar-refractivity contribution in [3.63, 3.8) is 0 Å². The molecule has 0 aliphatic heterocycles. The fourth-order valence-electron chi connectivity index (χ4n) is 4.49. The molecule has 4 rings (SSSR count). The zero-order valence-electron chi connectivity index (χ0n) is 19.2. The largest absolute Gasteiger partial charge is 0.494 e. The molecule has 1 aliphatic rings. The highest BCUT2D eigenvalue weighted by Crippen LogP contribution is 2.33. The molecular formula is C27H29FO5. The molecule has 0 saturated heterocycles. The Kier molecular flexibility index (Phi) is 7.11. The van der Waals surface area contributed by atoms with Crippen molar-refractivity contribution in [3.8, 4) is 11.5 Å². The van der Waals surface area contributed by atoms with Gasteiger partial charge in [0, 0.05) is 22.6 Å². The van der Waals surface area contributed by atoms with E-state index in [-0.39, 0.29) is 29.3 Å². The first-order chi connectivity index (χ1) is 16.0.